The molecule has 0 fully saturated rings. The highest BCUT2D eigenvalue weighted by Crippen LogP contribution is 2.43. The topological polar surface area (TPSA) is 116 Å². The third-order valence-corrected chi connectivity index (χ3v) is 6.90. The maximum absolute atomic E-state index is 13.7. The highest BCUT2D eigenvalue weighted by atomic mass is 16.5. The Bertz CT molecular complexity index is 1390. The van der Waals surface area contributed by atoms with Crippen molar-refractivity contribution < 1.29 is 29.3 Å². The summed E-state index contributed by atoms with van der Waals surface area (Å²) in [7, 11) is 1.26. The molecule has 1 aliphatic rings. The van der Waals surface area contributed by atoms with Crippen molar-refractivity contribution in [1.82, 2.24) is 4.90 Å². The number of ketones is 2. The molecule has 0 aliphatic heterocycles. The number of hydrogen-bond donors (Lipinski definition) is 3. The van der Waals surface area contributed by atoms with Crippen LogP contribution < -0.4 is 5.32 Å². The third kappa shape index (κ3) is 3.97. The number of phenolic OH excluding ortho intramolecular Hbond substituents is 2. The average molecular weight is 491 g/mol. The second-order valence-corrected chi connectivity index (χ2v) is 8.68. The number of aromatic hydroxyl groups is 2. The number of fused-ring (bicyclic) bond motifs is 3. The van der Waals surface area contributed by atoms with Crippen LogP contribution in [0.3, 0.4) is 0 Å². The van der Waals surface area contributed by atoms with Crippen molar-refractivity contribution in [2.45, 2.75) is 27.2 Å². The fourth-order valence-electron chi connectivity index (χ4n) is 4.90. The smallest absolute Gasteiger partial charge is 0.338 e. The van der Waals surface area contributed by atoms with E-state index in [1.165, 1.54) is 19.2 Å². The van der Waals surface area contributed by atoms with Gasteiger partial charge in [-0.25, -0.2) is 4.79 Å². The van der Waals surface area contributed by atoms with Crippen molar-refractivity contribution in [3.05, 3.63) is 63.7 Å². The molecule has 1 aliphatic carbocycles. The number of carbonyl (C=O) groups excluding carboxylic acids is 3. The largest absolute Gasteiger partial charge is 0.507 e. The van der Waals surface area contributed by atoms with Crippen LogP contribution in [0.4, 0.5) is 5.69 Å². The van der Waals surface area contributed by atoms with Crippen LogP contribution >= 0.6 is 0 Å². The number of likely N-dealkylation sites (N-methyl/N-ethyl adjacent to an activating group) is 1. The van der Waals surface area contributed by atoms with Gasteiger partial charge >= 0.3 is 5.97 Å². The van der Waals surface area contributed by atoms with Crippen LogP contribution in [-0.4, -0.2) is 65.9 Å². The molecule has 0 aromatic heterocycles. The van der Waals surface area contributed by atoms with E-state index in [0.717, 1.165) is 19.6 Å². The number of ether oxygens (including phenoxy) is 1. The molecule has 188 valence electrons. The Balaban J connectivity index is 1.89. The van der Waals surface area contributed by atoms with Gasteiger partial charge in [0.2, 0.25) is 0 Å². The van der Waals surface area contributed by atoms with E-state index >= 15 is 0 Å². The number of nitrogens with one attached hydrogen (secondary N) is 1. The fourth-order valence-corrected chi connectivity index (χ4v) is 4.90. The van der Waals surface area contributed by atoms with Crippen LogP contribution in [0, 0.1) is 0 Å². The number of nitrogens with zero attached hydrogens (tertiary/aromatic N) is 1. The second-order valence-electron chi connectivity index (χ2n) is 8.68. The van der Waals surface area contributed by atoms with Crippen LogP contribution in [0.1, 0.15) is 68.5 Å². The van der Waals surface area contributed by atoms with Gasteiger partial charge in [0.15, 0.2) is 11.6 Å². The number of methoxy groups -OCH3 is 1. The van der Waals surface area contributed by atoms with Crippen LogP contribution in [0.25, 0.3) is 10.8 Å². The molecule has 3 aromatic rings. The van der Waals surface area contributed by atoms with Gasteiger partial charge in [0.25, 0.3) is 0 Å². The average Bonchev–Trinajstić information content (AvgIpc) is 2.89. The summed E-state index contributed by atoms with van der Waals surface area (Å²) in [5.41, 5.74) is 1.04. The lowest BCUT2D eigenvalue weighted by atomic mass is 9.80. The van der Waals surface area contributed by atoms with E-state index < -0.39 is 17.5 Å². The molecule has 0 unspecified atom stereocenters. The van der Waals surface area contributed by atoms with E-state index in [0.29, 0.717) is 29.6 Å². The van der Waals surface area contributed by atoms with Gasteiger partial charge in [0, 0.05) is 35.1 Å². The first kappa shape index (κ1) is 25.2. The predicted octanol–water partition coefficient (Wildman–Crippen LogP) is 4.13. The highest BCUT2D eigenvalue weighted by molar-refractivity contribution is 6.33. The summed E-state index contributed by atoms with van der Waals surface area (Å²) < 4.78 is 4.96. The lowest BCUT2D eigenvalue weighted by Crippen LogP contribution is -2.29. The minimum Gasteiger partial charge on any atom is -0.507 e. The normalized spacial score (nSPS) is 12.6. The maximum atomic E-state index is 13.7. The van der Waals surface area contributed by atoms with Gasteiger partial charge in [-0.05, 0) is 43.3 Å². The van der Waals surface area contributed by atoms with Crippen LogP contribution in [0.2, 0.25) is 0 Å². The Hall–Kier alpha value is -3.91. The quantitative estimate of drug-likeness (QED) is 0.249. The number of esters is 1. The first-order valence-corrected chi connectivity index (χ1v) is 12.1. The maximum Gasteiger partial charge on any atom is 0.338 e. The van der Waals surface area contributed by atoms with Gasteiger partial charge in [-0.2, -0.15) is 0 Å². The summed E-state index contributed by atoms with van der Waals surface area (Å²) in [5, 5.41) is 25.6. The summed E-state index contributed by atoms with van der Waals surface area (Å²) in [6.45, 7) is 9.02. The van der Waals surface area contributed by atoms with E-state index in [9.17, 15) is 24.6 Å². The Labute approximate surface area is 209 Å². The minimum absolute atomic E-state index is 0.0278. The Morgan fingerprint density at radius 1 is 0.944 bits per heavy atom. The number of phenols is 2. The van der Waals surface area contributed by atoms with Crippen LogP contribution in [0.15, 0.2) is 30.3 Å². The lowest BCUT2D eigenvalue weighted by Gasteiger charge is -2.24. The van der Waals surface area contributed by atoms with E-state index in [1.807, 2.05) is 6.92 Å². The molecule has 0 saturated carbocycles. The molecule has 3 N–H and O–H groups in total. The van der Waals surface area contributed by atoms with Crippen molar-refractivity contribution in [1.29, 1.82) is 0 Å². The van der Waals surface area contributed by atoms with E-state index in [2.05, 4.69) is 24.1 Å². The standard InChI is InChI=1S/C28H30N2O6/c1-5-15-8-9-16-17(21(15)28(35)36-4)14-18-22(25(16)32)27(34)23-19(29-12-13-30(6-2)7-3)10-11-20(31)24(23)26(18)33/h8-11,14,29,31-32H,5-7,12-13H2,1-4H3. The predicted molar refractivity (Wildman–Crippen MR) is 138 cm³/mol. The molecule has 0 spiro atoms. The van der Waals surface area contributed by atoms with Gasteiger partial charge in [-0.1, -0.05) is 32.9 Å². The molecule has 8 nitrogen and oxygen atoms in total. The van der Waals surface area contributed by atoms with Gasteiger partial charge < -0.3 is 25.2 Å². The molecule has 0 heterocycles. The van der Waals surface area contributed by atoms with E-state index in [1.54, 1.807) is 18.2 Å². The summed E-state index contributed by atoms with van der Waals surface area (Å²) in [4.78, 5) is 42.2. The molecule has 0 saturated heterocycles. The molecule has 0 radical (unpaired) electrons. The number of anilines is 1. The summed E-state index contributed by atoms with van der Waals surface area (Å²) in [6, 6.07) is 7.72. The molecular formula is C28H30N2O6. The van der Waals surface area contributed by atoms with Gasteiger partial charge in [0.1, 0.15) is 11.5 Å². The molecule has 3 aromatic carbocycles. The van der Waals surface area contributed by atoms with E-state index in [-0.39, 0.29) is 44.7 Å². The highest BCUT2D eigenvalue weighted by Gasteiger charge is 2.37. The van der Waals surface area contributed by atoms with Gasteiger partial charge in [-0.3, -0.25) is 9.59 Å². The Kier molecular flexibility index (Phi) is 6.99. The second kappa shape index (κ2) is 9.99. The molecule has 0 atom stereocenters. The van der Waals surface area contributed by atoms with Crippen molar-refractivity contribution >= 4 is 34.0 Å². The molecule has 36 heavy (non-hydrogen) atoms. The van der Waals surface area contributed by atoms with Crippen LogP contribution in [0.5, 0.6) is 11.5 Å². The number of hydrogen-bond acceptors (Lipinski definition) is 8. The Morgan fingerprint density at radius 3 is 2.31 bits per heavy atom. The first-order valence-electron chi connectivity index (χ1n) is 12.1. The van der Waals surface area contributed by atoms with E-state index in [4.69, 9.17) is 4.74 Å². The number of rotatable bonds is 8. The molecule has 8 heteroatoms. The molecule has 0 amide bonds. The van der Waals surface area contributed by atoms with Gasteiger partial charge in [-0.15, -0.1) is 0 Å². The van der Waals surface area contributed by atoms with Crippen molar-refractivity contribution in [3.8, 4) is 11.5 Å². The SMILES string of the molecule is CCc1ccc2c(O)c3c(cc2c1C(=O)OC)C(=O)c1c(O)ccc(NCCN(CC)CC)c1C3=O. The van der Waals surface area contributed by atoms with Crippen molar-refractivity contribution in [3.63, 3.8) is 0 Å². The monoisotopic (exact) mass is 490 g/mol. The zero-order valence-corrected chi connectivity index (χ0v) is 20.9. The minimum atomic E-state index is -0.602. The number of aryl methyl sites for hydroxylation is 1. The van der Waals surface area contributed by atoms with Crippen LogP contribution in [-0.2, 0) is 11.2 Å². The third-order valence-electron chi connectivity index (χ3n) is 6.90. The van der Waals surface area contributed by atoms with Gasteiger partial charge in [0.05, 0.1) is 29.4 Å². The fraction of sp³-hybridized carbons (Fsp3) is 0.321. The Morgan fingerprint density at radius 2 is 1.67 bits per heavy atom. The van der Waals surface area contributed by atoms with Crippen molar-refractivity contribution in [2.75, 3.05) is 38.6 Å². The molecule has 0 bridgehead atoms. The summed E-state index contributed by atoms with van der Waals surface area (Å²) >= 11 is 0. The zero-order chi connectivity index (χ0) is 26.1. The molecule has 4 rings (SSSR count). The number of carbonyl (C=O) groups is 3. The zero-order valence-electron chi connectivity index (χ0n) is 20.9. The van der Waals surface area contributed by atoms with Crippen molar-refractivity contribution in [2.24, 2.45) is 0 Å². The lowest BCUT2D eigenvalue weighted by molar-refractivity contribution is 0.0601. The summed E-state index contributed by atoms with van der Waals surface area (Å²) in [5.74, 6) is -2.47. The first-order chi connectivity index (χ1) is 17.3. The summed E-state index contributed by atoms with van der Waals surface area (Å²) in [6.07, 6.45) is 0.525. The number of benzene rings is 3. The molecular weight excluding hydrogens is 460 g/mol.